The highest BCUT2D eigenvalue weighted by molar-refractivity contribution is 5.93. The highest BCUT2D eigenvalue weighted by Gasteiger charge is 2.51. The van der Waals surface area contributed by atoms with Crippen molar-refractivity contribution in [2.75, 3.05) is 31.8 Å². The molecule has 2 aromatic rings. The van der Waals surface area contributed by atoms with Gasteiger partial charge in [-0.05, 0) is 61.1 Å². The molecule has 2 fully saturated rings. The fourth-order valence-electron chi connectivity index (χ4n) is 5.32. The van der Waals surface area contributed by atoms with Gasteiger partial charge in [0.2, 0.25) is 5.91 Å². The number of fused-ring (bicyclic) bond motifs is 1. The first-order valence-corrected chi connectivity index (χ1v) is 10.2. The minimum atomic E-state index is -0.404. The van der Waals surface area contributed by atoms with Crippen molar-refractivity contribution >= 4 is 11.6 Å². The number of hydrogen-bond donors (Lipinski definition) is 1. The Morgan fingerprint density at radius 3 is 2.64 bits per heavy atom. The Balaban J connectivity index is 1.35. The number of likely N-dealkylation sites (tertiary alicyclic amines) is 1. The number of amides is 1. The second-order valence-electron chi connectivity index (χ2n) is 8.11. The van der Waals surface area contributed by atoms with Crippen LogP contribution in [0.3, 0.4) is 0 Å². The lowest BCUT2D eigenvalue weighted by atomic mass is 9.84. The second kappa shape index (κ2) is 6.82. The molecule has 0 aromatic heterocycles. The third kappa shape index (κ3) is 2.68. The number of aryl methyl sites for hydroxylation is 1. The molecule has 5 rings (SSSR count). The molecule has 1 N–H and O–H groups in total. The maximum atomic E-state index is 12.8. The Morgan fingerprint density at radius 2 is 1.89 bits per heavy atom. The van der Waals surface area contributed by atoms with Gasteiger partial charge in [-0.2, -0.15) is 0 Å². The number of methoxy groups -OCH3 is 1. The van der Waals surface area contributed by atoms with Crippen LogP contribution in [0.2, 0.25) is 0 Å². The van der Waals surface area contributed by atoms with E-state index in [-0.39, 0.29) is 5.91 Å². The SMILES string of the molecule is COc1ccc2c(c1)CCC2N1CCC2(CC1)C(=O)NCN2c1ccccc1. The minimum Gasteiger partial charge on any atom is -0.497 e. The van der Waals surface area contributed by atoms with Gasteiger partial charge < -0.3 is 15.0 Å². The highest BCUT2D eigenvalue weighted by Crippen LogP contribution is 2.42. The van der Waals surface area contributed by atoms with Crippen LogP contribution in [0.15, 0.2) is 48.5 Å². The minimum absolute atomic E-state index is 0.188. The van der Waals surface area contributed by atoms with E-state index < -0.39 is 5.54 Å². The molecule has 1 aliphatic carbocycles. The molecule has 0 saturated carbocycles. The van der Waals surface area contributed by atoms with Crippen molar-refractivity contribution in [2.45, 2.75) is 37.3 Å². The number of nitrogens with one attached hydrogen (secondary N) is 1. The van der Waals surface area contributed by atoms with E-state index in [0.717, 1.165) is 50.2 Å². The first kappa shape index (κ1) is 17.6. The molecule has 1 atom stereocenters. The average molecular weight is 377 g/mol. The van der Waals surface area contributed by atoms with Gasteiger partial charge in [0, 0.05) is 24.8 Å². The van der Waals surface area contributed by atoms with Crippen LogP contribution in [-0.4, -0.2) is 43.2 Å². The van der Waals surface area contributed by atoms with E-state index in [2.05, 4.69) is 45.4 Å². The summed E-state index contributed by atoms with van der Waals surface area (Å²) in [5.74, 6) is 1.13. The fourth-order valence-corrected chi connectivity index (χ4v) is 5.32. The van der Waals surface area contributed by atoms with Crippen LogP contribution in [0.1, 0.15) is 36.4 Å². The molecular weight excluding hydrogens is 350 g/mol. The molecule has 2 aromatic carbocycles. The van der Waals surface area contributed by atoms with Crippen molar-refractivity contribution in [2.24, 2.45) is 0 Å². The molecule has 5 nitrogen and oxygen atoms in total. The standard InChI is InChI=1S/C23H27N3O2/c1-28-19-8-9-20-17(15-19)7-10-21(20)25-13-11-23(12-14-25)22(27)24-16-26(23)18-5-3-2-4-6-18/h2-6,8-9,15,21H,7,10-14,16H2,1H3,(H,24,27). The highest BCUT2D eigenvalue weighted by atomic mass is 16.5. The number of rotatable bonds is 3. The number of hydrogen-bond acceptors (Lipinski definition) is 4. The Hall–Kier alpha value is -2.53. The van der Waals surface area contributed by atoms with Crippen molar-refractivity contribution < 1.29 is 9.53 Å². The van der Waals surface area contributed by atoms with Gasteiger partial charge in [-0.1, -0.05) is 24.3 Å². The van der Waals surface area contributed by atoms with Gasteiger partial charge in [-0.25, -0.2) is 0 Å². The van der Waals surface area contributed by atoms with E-state index in [1.165, 1.54) is 11.1 Å². The van der Waals surface area contributed by atoms with Crippen LogP contribution in [0.5, 0.6) is 5.75 Å². The first-order chi connectivity index (χ1) is 13.7. The summed E-state index contributed by atoms with van der Waals surface area (Å²) >= 11 is 0. The van der Waals surface area contributed by atoms with E-state index in [0.29, 0.717) is 12.7 Å². The largest absolute Gasteiger partial charge is 0.497 e. The van der Waals surface area contributed by atoms with Crippen molar-refractivity contribution in [1.82, 2.24) is 10.2 Å². The summed E-state index contributed by atoms with van der Waals surface area (Å²) in [6, 6.07) is 17.3. The van der Waals surface area contributed by atoms with Crippen LogP contribution in [0.4, 0.5) is 5.69 Å². The predicted octanol–water partition coefficient (Wildman–Crippen LogP) is 3.11. The lowest BCUT2D eigenvalue weighted by Gasteiger charge is -2.45. The van der Waals surface area contributed by atoms with Gasteiger partial charge in [0.25, 0.3) is 0 Å². The van der Waals surface area contributed by atoms with Crippen LogP contribution in [0, 0.1) is 0 Å². The number of para-hydroxylation sites is 1. The van der Waals surface area contributed by atoms with Crippen LogP contribution in [-0.2, 0) is 11.2 Å². The third-order valence-electron chi connectivity index (χ3n) is 6.87. The van der Waals surface area contributed by atoms with E-state index in [1.54, 1.807) is 7.11 Å². The topological polar surface area (TPSA) is 44.8 Å². The van der Waals surface area contributed by atoms with Gasteiger partial charge in [0.1, 0.15) is 11.3 Å². The number of anilines is 1. The molecule has 146 valence electrons. The van der Waals surface area contributed by atoms with Crippen LogP contribution in [0.25, 0.3) is 0 Å². The summed E-state index contributed by atoms with van der Waals surface area (Å²) < 4.78 is 5.39. The molecule has 1 unspecified atom stereocenters. The fraction of sp³-hybridized carbons (Fsp3) is 0.435. The lowest BCUT2D eigenvalue weighted by Crippen LogP contribution is -2.56. The van der Waals surface area contributed by atoms with Gasteiger partial charge in [0.15, 0.2) is 0 Å². The molecule has 3 aliphatic rings. The molecule has 2 aliphatic heterocycles. The van der Waals surface area contributed by atoms with Crippen molar-refractivity contribution in [3.05, 3.63) is 59.7 Å². The molecule has 28 heavy (non-hydrogen) atoms. The zero-order chi connectivity index (χ0) is 19.1. The van der Waals surface area contributed by atoms with Crippen molar-refractivity contribution in [1.29, 1.82) is 0 Å². The Bertz CT molecular complexity index is 875. The van der Waals surface area contributed by atoms with Crippen LogP contribution < -0.4 is 15.0 Å². The molecule has 0 bridgehead atoms. The predicted molar refractivity (Wildman–Crippen MR) is 110 cm³/mol. The van der Waals surface area contributed by atoms with E-state index in [9.17, 15) is 4.79 Å². The van der Waals surface area contributed by atoms with Gasteiger partial charge in [-0.15, -0.1) is 0 Å². The molecule has 2 saturated heterocycles. The monoisotopic (exact) mass is 377 g/mol. The maximum Gasteiger partial charge on any atom is 0.247 e. The van der Waals surface area contributed by atoms with E-state index in [1.807, 2.05) is 18.2 Å². The number of carbonyl (C=O) groups is 1. The number of piperidine rings is 1. The molecule has 5 heteroatoms. The summed E-state index contributed by atoms with van der Waals surface area (Å²) in [6.45, 7) is 2.51. The van der Waals surface area contributed by atoms with Crippen molar-refractivity contribution in [3.8, 4) is 5.75 Å². The Kier molecular flexibility index (Phi) is 4.27. The normalized spacial score (nSPS) is 23.7. The molecule has 1 amide bonds. The lowest BCUT2D eigenvalue weighted by molar-refractivity contribution is -0.125. The quantitative estimate of drug-likeness (QED) is 0.893. The van der Waals surface area contributed by atoms with Gasteiger partial charge in [0.05, 0.1) is 13.8 Å². The maximum absolute atomic E-state index is 12.8. The van der Waals surface area contributed by atoms with Crippen LogP contribution >= 0.6 is 0 Å². The molecule has 0 radical (unpaired) electrons. The average Bonchev–Trinajstić information content (AvgIpc) is 3.31. The number of nitrogens with zero attached hydrogens (tertiary/aromatic N) is 2. The summed E-state index contributed by atoms with van der Waals surface area (Å²) in [6.07, 6.45) is 4.00. The summed E-state index contributed by atoms with van der Waals surface area (Å²) in [7, 11) is 1.73. The number of carbonyl (C=O) groups excluding carboxylic acids is 1. The van der Waals surface area contributed by atoms with E-state index in [4.69, 9.17) is 4.74 Å². The number of ether oxygens (including phenoxy) is 1. The summed E-state index contributed by atoms with van der Waals surface area (Å²) in [4.78, 5) is 17.7. The first-order valence-electron chi connectivity index (χ1n) is 10.2. The van der Waals surface area contributed by atoms with Gasteiger partial charge in [-0.3, -0.25) is 9.69 Å². The Labute approximate surface area is 166 Å². The molecule has 1 spiro atoms. The Morgan fingerprint density at radius 1 is 1.11 bits per heavy atom. The molecule has 2 heterocycles. The van der Waals surface area contributed by atoms with E-state index >= 15 is 0 Å². The number of benzene rings is 2. The molecular formula is C23H27N3O2. The van der Waals surface area contributed by atoms with Crippen molar-refractivity contribution in [3.63, 3.8) is 0 Å². The zero-order valence-corrected chi connectivity index (χ0v) is 16.4. The smallest absolute Gasteiger partial charge is 0.247 e. The summed E-state index contributed by atoms with van der Waals surface area (Å²) in [5.41, 5.74) is 3.58. The zero-order valence-electron chi connectivity index (χ0n) is 16.4. The second-order valence-corrected chi connectivity index (χ2v) is 8.11. The summed E-state index contributed by atoms with van der Waals surface area (Å²) in [5, 5.41) is 3.10. The third-order valence-corrected chi connectivity index (χ3v) is 6.87. The van der Waals surface area contributed by atoms with Gasteiger partial charge >= 0.3 is 0 Å².